The molecule has 19 heavy (non-hydrogen) atoms. The van der Waals surface area contributed by atoms with E-state index in [2.05, 4.69) is 28.3 Å². The predicted octanol–water partition coefficient (Wildman–Crippen LogP) is 2.11. The van der Waals surface area contributed by atoms with Crippen LogP contribution in [-0.2, 0) is 6.42 Å². The zero-order valence-electron chi connectivity index (χ0n) is 11.6. The number of aromatic nitrogens is 2. The molecule has 6 heteroatoms. The van der Waals surface area contributed by atoms with Gasteiger partial charge in [0.15, 0.2) is 0 Å². The third-order valence-electron chi connectivity index (χ3n) is 2.90. The molecule has 0 aliphatic carbocycles. The highest BCUT2D eigenvalue weighted by atomic mass is 32.1. The van der Waals surface area contributed by atoms with Crippen LogP contribution in [0.15, 0.2) is 6.07 Å². The minimum absolute atomic E-state index is 0.114. The van der Waals surface area contributed by atoms with E-state index in [0.29, 0.717) is 12.5 Å². The van der Waals surface area contributed by atoms with Gasteiger partial charge >= 0.3 is 0 Å². The molecule has 2 aromatic rings. The summed E-state index contributed by atoms with van der Waals surface area (Å²) in [6, 6.07) is 2.15. The molecule has 0 fully saturated rings. The number of aryl methyl sites for hydroxylation is 1. The molecule has 0 bridgehead atoms. The maximum atomic E-state index is 9.10. The maximum Gasteiger partial charge on any atom is 0.226 e. The third kappa shape index (κ3) is 2.96. The molecular formula is C13H20N4OS. The SMILES string of the molecule is CCNc1nc(N(C)CCO)c2cc(CC)sc2n1. The van der Waals surface area contributed by atoms with Gasteiger partial charge in [-0.15, -0.1) is 11.3 Å². The second-order valence-corrected chi connectivity index (χ2v) is 5.45. The third-order valence-corrected chi connectivity index (χ3v) is 4.08. The Bertz CT molecular complexity index is 555. The van der Waals surface area contributed by atoms with Crippen LogP contribution in [-0.4, -0.2) is 41.8 Å². The first-order chi connectivity index (χ1) is 9.19. The summed E-state index contributed by atoms with van der Waals surface area (Å²) < 4.78 is 0. The van der Waals surface area contributed by atoms with Gasteiger partial charge in [-0.1, -0.05) is 6.92 Å². The van der Waals surface area contributed by atoms with Gasteiger partial charge in [0, 0.05) is 25.0 Å². The van der Waals surface area contributed by atoms with E-state index in [9.17, 15) is 0 Å². The quantitative estimate of drug-likeness (QED) is 0.848. The Labute approximate surface area is 117 Å². The van der Waals surface area contributed by atoms with Gasteiger partial charge in [-0.25, -0.2) is 4.98 Å². The van der Waals surface area contributed by atoms with Gasteiger partial charge in [-0.2, -0.15) is 4.98 Å². The van der Waals surface area contributed by atoms with Crippen molar-refractivity contribution in [3.05, 3.63) is 10.9 Å². The van der Waals surface area contributed by atoms with Gasteiger partial charge in [0.25, 0.3) is 0 Å². The van der Waals surface area contributed by atoms with Crippen LogP contribution in [0, 0.1) is 0 Å². The Morgan fingerprint density at radius 1 is 1.37 bits per heavy atom. The van der Waals surface area contributed by atoms with Crippen LogP contribution in [0.1, 0.15) is 18.7 Å². The Morgan fingerprint density at radius 3 is 2.79 bits per heavy atom. The van der Waals surface area contributed by atoms with Gasteiger partial charge in [0.1, 0.15) is 10.6 Å². The fourth-order valence-corrected chi connectivity index (χ4v) is 2.88. The molecule has 0 unspecified atom stereocenters. The molecule has 0 aromatic carbocycles. The molecule has 0 saturated carbocycles. The number of rotatable bonds is 6. The van der Waals surface area contributed by atoms with Crippen molar-refractivity contribution in [3.8, 4) is 0 Å². The van der Waals surface area contributed by atoms with Crippen LogP contribution in [0.3, 0.4) is 0 Å². The van der Waals surface area contributed by atoms with Crippen molar-refractivity contribution in [3.63, 3.8) is 0 Å². The molecule has 2 heterocycles. The van der Waals surface area contributed by atoms with E-state index in [0.717, 1.165) is 29.0 Å². The summed E-state index contributed by atoms with van der Waals surface area (Å²) >= 11 is 1.71. The first-order valence-corrected chi connectivity index (χ1v) is 7.37. The van der Waals surface area contributed by atoms with Crippen molar-refractivity contribution in [1.29, 1.82) is 0 Å². The van der Waals surface area contributed by atoms with Crippen molar-refractivity contribution in [2.45, 2.75) is 20.3 Å². The molecule has 2 N–H and O–H groups in total. The number of hydrogen-bond donors (Lipinski definition) is 2. The molecule has 0 saturated heterocycles. The molecular weight excluding hydrogens is 260 g/mol. The fraction of sp³-hybridized carbons (Fsp3) is 0.538. The maximum absolute atomic E-state index is 9.10. The monoisotopic (exact) mass is 280 g/mol. The highest BCUT2D eigenvalue weighted by Gasteiger charge is 2.14. The predicted molar refractivity (Wildman–Crippen MR) is 81.3 cm³/mol. The number of likely N-dealkylation sites (N-methyl/N-ethyl adjacent to an activating group) is 1. The number of aliphatic hydroxyl groups is 1. The van der Waals surface area contributed by atoms with Crippen molar-refractivity contribution in [1.82, 2.24) is 9.97 Å². The van der Waals surface area contributed by atoms with E-state index in [4.69, 9.17) is 5.11 Å². The zero-order valence-corrected chi connectivity index (χ0v) is 12.4. The van der Waals surface area contributed by atoms with Crippen LogP contribution < -0.4 is 10.2 Å². The normalized spacial score (nSPS) is 10.9. The molecule has 2 aromatic heterocycles. The summed E-state index contributed by atoms with van der Waals surface area (Å²) in [7, 11) is 1.94. The van der Waals surface area contributed by atoms with E-state index in [1.807, 2.05) is 18.9 Å². The molecule has 104 valence electrons. The minimum atomic E-state index is 0.114. The van der Waals surface area contributed by atoms with Crippen molar-refractivity contribution in [2.24, 2.45) is 0 Å². The van der Waals surface area contributed by atoms with Gasteiger partial charge in [-0.05, 0) is 19.4 Å². The first kappa shape index (κ1) is 14.0. The number of nitrogens with zero attached hydrogens (tertiary/aromatic N) is 3. The molecule has 0 atom stereocenters. The first-order valence-electron chi connectivity index (χ1n) is 6.55. The summed E-state index contributed by atoms with van der Waals surface area (Å²) in [4.78, 5) is 13.4. The molecule has 0 aliphatic heterocycles. The Balaban J connectivity index is 2.52. The number of aliphatic hydroxyl groups excluding tert-OH is 1. The molecule has 0 amide bonds. The Kier molecular flexibility index (Phi) is 4.55. The number of fused-ring (bicyclic) bond motifs is 1. The smallest absolute Gasteiger partial charge is 0.226 e. The molecule has 0 radical (unpaired) electrons. The van der Waals surface area contributed by atoms with Gasteiger partial charge in [0.2, 0.25) is 5.95 Å². The van der Waals surface area contributed by atoms with Crippen LogP contribution in [0.5, 0.6) is 0 Å². The standard InChI is InChI=1S/C13H20N4OS/c1-4-9-8-10-11(17(3)6-7-18)15-13(14-5-2)16-12(10)19-9/h8,18H,4-7H2,1-3H3,(H,14,15,16). The van der Waals surface area contributed by atoms with Crippen molar-refractivity contribution >= 4 is 33.3 Å². The van der Waals surface area contributed by atoms with Gasteiger partial charge in [-0.3, -0.25) is 0 Å². The van der Waals surface area contributed by atoms with Gasteiger partial charge < -0.3 is 15.3 Å². The number of thiophene rings is 1. The van der Waals surface area contributed by atoms with E-state index in [1.165, 1.54) is 4.88 Å². The summed E-state index contributed by atoms with van der Waals surface area (Å²) in [5.74, 6) is 1.53. The summed E-state index contributed by atoms with van der Waals surface area (Å²) in [6.45, 7) is 5.63. The second-order valence-electron chi connectivity index (χ2n) is 4.33. The molecule has 5 nitrogen and oxygen atoms in total. The van der Waals surface area contributed by atoms with E-state index < -0.39 is 0 Å². The van der Waals surface area contributed by atoms with E-state index in [1.54, 1.807) is 11.3 Å². The lowest BCUT2D eigenvalue weighted by molar-refractivity contribution is 0.304. The molecule has 0 spiro atoms. The number of anilines is 2. The zero-order chi connectivity index (χ0) is 13.8. The lowest BCUT2D eigenvalue weighted by Gasteiger charge is -2.18. The van der Waals surface area contributed by atoms with Crippen LogP contribution in [0.25, 0.3) is 10.2 Å². The Morgan fingerprint density at radius 2 is 2.16 bits per heavy atom. The van der Waals surface area contributed by atoms with E-state index in [-0.39, 0.29) is 6.61 Å². The van der Waals surface area contributed by atoms with Crippen molar-refractivity contribution in [2.75, 3.05) is 37.0 Å². The number of hydrogen-bond acceptors (Lipinski definition) is 6. The molecule has 0 aliphatic rings. The van der Waals surface area contributed by atoms with Crippen LogP contribution in [0.4, 0.5) is 11.8 Å². The topological polar surface area (TPSA) is 61.3 Å². The largest absolute Gasteiger partial charge is 0.395 e. The lowest BCUT2D eigenvalue weighted by atomic mass is 10.3. The average molecular weight is 280 g/mol. The summed E-state index contributed by atoms with van der Waals surface area (Å²) in [5.41, 5.74) is 0. The second kappa shape index (κ2) is 6.16. The van der Waals surface area contributed by atoms with E-state index >= 15 is 0 Å². The average Bonchev–Trinajstić information content (AvgIpc) is 2.81. The highest BCUT2D eigenvalue weighted by Crippen LogP contribution is 2.31. The van der Waals surface area contributed by atoms with Crippen LogP contribution in [0.2, 0.25) is 0 Å². The van der Waals surface area contributed by atoms with Gasteiger partial charge in [0.05, 0.1) is 12.0 Å². The summed E-state index contributed by atoms with van der Waals surface area (Å²) in [5, 5.41) is 13.3. The minimum Gasteiger partial charge on any atom is -0.395 e. The summed E-state index contributed by atoms with van der Waals surface area (Å²) in [6.07, 6.45) is 1.00. The lowest BCUT2D eigenvalue weighted by Crippen LogP contribution is -2.23. The highest BCUT2D eigenvalue weighted by molar-refractivity contribution is 7.18. The molecule has 2 rings (SSSR count). The van der Waals surface area contributed by atoms with Crippen LogP contribution >= 0.6 is 11.3 Å². The Hall–Kier alpha value is -1.40. The fourth-order valence-electron chi connectivity index (χ4n) is 1.91. The number of nitrogens with one attached hydrogen (secondary N) is 1. The van der Waals surface area contributed by atoms with Crippen molar-refractivity contribution < 1.29 is 5.11 Å².